The molecule has 1 fully saturated rings. The zero-order chi connectivity index (χ0) is 14.6. The molecular formula is C14H20N2O3S. The molecule has 0 unspecified atom stereocenters. The Morgan fingerprint density at radius 3 is 2.70 bits per heavy atom. The van der Waals surface area contributed by atoms with E-state index in [1.807, 2.05) is 0 Å². The molecule has 1 saturated heterocycles. The fourth-order valence-electron chi connectivity index (χ4n) is 2.36. The van der Waals surface area contributed by atoms with Crippen LogP contribution in [0.15, 0.2) is 29.2 Å². The molecule has 0 aromatic heterocycles. The van der Waals surface area contributed by atoms with Gasteiger partial charge in [-0.15, -0.1) is 0 Å². The van der Waals surface area contributed by atoms with Crippen molar-refractivity contribution in [1.29, 1.82) is 0 Å². The molecule has 2 N–H and O–H groups in total. The predicted molar refractivity (Wildman–Crippen MR) is 78.4 cm³/mol. The Labute approximate surface area is 119 Å². The summed E-state index contributed by atoms with van der Waals surface area (Å²) >= 11 is 0. The van der Waals surface area contributed by atoms with Crippen molar-refractivity contribution < 1.29 is 13.2 Å². The summed E-state index contributed by atoms with van der Waals surface area (Å²) in [6.45, 7) is 1.92. The maximum Gasteiger partial charge on any atom is 0.224 e. The van der Waals surface area contributed by atoms with Crippen LogP contribution >= 0.6 is 0 Å². The van der Waals surface area contributed by atoms with Crippen LogP contribution in [0.25, 0.3) is 0 Å². The van der Waals surface area contributed by atoms with Crippen LogP contribution in [0, 0.1) is 5.92 Å². The van der Waals surface area contributed by atoms with Crippen molar-refractivity contribution in [2.24, 2.45) is 5.92 Å². The van der Waals surface area contributed by atoms with Gasteiger partial charge in [-0.1, -0.05) is 6.07 Å². The molecule has 1 aromatic rings. The summed E-state index contributed by atoms with van der Waals surface area (Å²) in [7, 11) is -3.25. The van der Waals surface area contributed by atoms with Crippen LogP contribution in [-0.2, 0) is 14.6 Å². The number of carbonyl (C=O) groups excluding carboxylic acids is 1. The molecule has 1 aliphatic rings. The Bertz CT molecular complexity index is 578. The Kier molecular flexibility index (Phi) is 4.77. The lowest BCUT2D eigenvalue weighted by Crippen LogP contribution is -2.30. The first kappa shape index (κ1) is 15.0. The first-order valence-corrected chi connectivity index (χ1v) is 8.65. The molecule has 0 atom stereocenters. The first-order valence-electron chi connectivity index (χ1n) is 6.76. The number of anilines is 1. The summed E-state index contributed by atoms with van der Waals surface area (Å²) in [5, 5.41) is 6.04. The van der Waals surface area contributed by atoms with Gasteiger partial charge in [-0.25, -0.2) is 8.42 Å². The molecule has 0 saturated carbocycles. The predicted octanol–water partition coefficient (Wildman–Crippen LogP) is 1.42. The van der Waals surface area contributed by atoms with Crippen LogP contribution in [0.4, 0.5) is 5.69 Å². The van der Waals surface area contributed by atoms with Crippen molar-refractivity contribution in [3.05, 3.63) is 24.3 Å². The van der Waals surface area contributed by atoms with Gasteiger partial charge in [0.05, 0.1) is 4.90 Å². The average molecular weight is 296 g/mol. The van der Waals surface area contributed by atoms with Crippen LogP contribution in [0.2, 0.25) is 0 Å². The molecule has 1 heterocycles. The van der Waals surface area contributed by atoms with Gasteiger partial charge >= 0.3 is 0 Å². The number of sulfone groups is 1. The van der Waals surface area contributed by atoms with Gasteiger partial charge in [-0.05, 0) is 50.0 Å². The molecule has 1 aromatic carbocycles. The molecule has 2 rings (SSSR count). The van der Waals surface area contributed by atoms with E-state index in [9.17, 15) is 13.2 Å². The van der Waals surface area contributed by atoms with E-state index in [0.29, 0.717) is 18.0 Å². The van der Waals surface area contributed by atoms with E-state index in [2.05, 4.69) is 10.6 Å². The highest BCUT2D eigenvalue weighted by Gasteiger charge is 2.17. The second-order valence-corrected chi connectivity index (χ2v) is 7.26. The number of hydrogen-bond donors (Lipinski definition) is 2. The number of amides is 1. The molecule has 0 radical (unpaired) electrons. The van der Waals surface area contributed by atoms with E-state index >= 15 is 0 Å². The van der Waals surface area contributed by atoms with Gasteiger partial charge in [0.2, 0.25) is 5.91 Å². The summed E-state index contributed by atoms with van der Waals surface area (Å²) in [5.41, 5.74) is 0.534. The van der Waals surface area contributed by atoms with Gasteiger partial charge in [-0.3, -0.25) is 4.79 Å². The minimum Gasteiger partial charge on any atom is -0.326 e. The highest BCUT2D eigenvalue weighted by molar-refractivity contribution is 7.90. The summed E-state index contributed by atoms with van der Waals surface area (Å²) in [4.78, 5) is 12.2. The van der Waals surface area contributed by atoms with E-state index in [0.717, 1.165) is 32.2 Å². The first-order chi connectivity index (χ1) is 9.45. The van der Waals surface area contributed by atoms with Gasteiger partial charge < -0.3 is 10.6 Å². The normalized spacial score (nSPS) is 16.9. The Hall–Kier alpha value is -1.40. The fourth-order valence-corrected chi connectivity index (χ4v) is 3.03. The summed E-state index contributed by atoms with van der Waals surface area (Å²) in [6.07, 6.45) is 3.67. The van der Waals surface area contributed by atoms with E-state index in [1.54, 1.807) is 12.1 Å². The fraction of sp³-hybridized carbons (Fsp3) is 0.500. The average Bonchev–Trinajstić information content (AvgIpc) is 2.39. The summed E-state index contributed by atoms with van der Waals surface area (Å²) < 4.78 is 22.9. The molecule has 20 heavy (non-hydrogen) atoms. The molecule has 0 bridgehead atoms. The van der Waals surface area contributed by atoms with Crippen LogP contribution in [-0.4, -0.2) is 33.7 Å². The van der Waals surface area contributed by atoms with E-state index < -0.39 is 9.84 Å². The summed E-state index contributed by atoms with van der Waals surface area (Å²) in [6, 6.07) is 6.36. The molecule has 0 spiro atoms. The van der Waals surface area contributed by atoms with E-state index in [4.69, 9.17) is 0 Å². The smallest absolute Gasteiger partial charge is 0.224 e. The van der Waals surface area contributed by atoms with Crippen molar-refractivity contribution in [1.82, 2.24) is 5.32 Å². The number of carbonyl (C=O) groups is 1. The van der Waals surface area contributed by atoms with Gasteiger partial charge in [0, 0.05) is 18.4 Å². The monoisotopic (exact) mass is 296 g/mol. The molecule has 0 aliphatic carbocycles. The van der Waals surface area contributed by atoms with Gasteiger partial charge in [0.1, 0.15) is 0 Å². The summed E-state index contributed by atoms with van der Waals surface area (Å²) in [5.74, 6) is 0.358. The Morgan fingerprint density at radius 1 is 1.35 bits per heavy atom. The topological polar surface area (TPSA) is 75.3 Å². The van der Waals surface area contributed by atoms with E-state index in [-0.39, 0.29) is 10.8 Å². The van der Waals surface area contributed by atoms with Gasteiger partial charge in [0.25, 0.3) is 0 Å². The maximum atomic E-state index is 12.0. The molecule has 1 aliphatic heterocycles. The largest absolute Gasteiger partial charge is 0.326 e. The number of hydrogen-bond acceptors (Lipinski definition) is 4. The van der Waals surface area contributed by atoms with Crippen molar-refractivity contribution >= 4 is 21.4 Å². The minimum absolute atomic E-state index is 0.0532. The second kappa shape index (κ2) is 6.37. The van der Waals surface area contributed by atoms with Crippen LogP contribution in [0.5, 0.6) is 0 Å². The molecular weight excluding hydrogens is 276 g/mol. The zero-order valence-electron chi connectivity index (χ0n) is 11.6. The number of piperidine rings is 1. The lowest BCUT2D eigenvalue weighted by molar-refractivity contribution is -0.117. The van der Waals surface area contributed by atoms with Crippen LogP contribution in [0.3, 0.4) is 0 Å². The van der Waals surface area contributed by atoms with E-state index in [1.165, 1.54) is 12.1 Å². The third kappa shape index (κ3) is 4.31. The third-order valence-corrected chi connectivity index (χ3v) is 4.59. The molecule has 110 valence electrons. The second-order valence-electron chi connectivity index (χ2n) is 5.25. The number of rotatable bonds is 4. The molecule has 5 nitrogen and oxygen atoms in total. The third-order valence-electron chi connectivity index (χ3n) is 3.48. The van der Waals surface area contributed by atoms with Gasteiger partial charge in [0.15, 0.2) is 9.84 Å². The number of nitrogens with one attached hydrogen (secondary N) is 2. The molecule has 1 amide bonds. The van der Waals surface area contributed by atoms with Crippen molar-refractivity contribution in [2.45, 2.75) is 24.2 Å². The van der Waals surface area contributed by atoms with Crippen molar-refractivity contribution in [3.8, 4) is 0 Å². The SMILES string of the molecule is CS(=O)(=O)c1cccc(NC(=O)CC2CCNCC2)c1. The highest BCUT2D eigenvalue weighted by atomic mass is 32.2. The van der Waals surface area contributed by atoms with Gasteiger partial charge in [-0.2, -0.15) is 0 Å². The number of benzene rings is 1. The maximum absolute atomic E-state index is 12.0. The van der Waals surface area contributed by atoms with Crippen molar-refractivity contribution in [2.75, 3.05) is 24.7 Å². The Balaban J connectivity index is 1.97. The standard InChI is InChI=1S/C14H20N2O3S/c1-20(18,19)13-4-2-3-12(10-13)16-14(17)9-11-5-7-15-8-6-11/h2-4,10-11,15H,5-9H2,1H3,(H,16,17). The molecule has 6 heteroatoms. The quantitative estimate of drug-likeness (QED) is 0.881. The Morgan fingerprint density at radius 2 is 2.05 bits per heavy atom. The van der Waals surface area contributed by atoms with Crippen LogP contribution in [0.1, 0.15) is 19.3 Å². The highest BCUT2D eigenvalue weighted by Crippen LogP contribution is 2.19. The lowest BCUT2D eigenvalue weighted by atomic mass is 9.94. The zero-order valence-corrected chi connectivity index (χ0v) is 12.4. The van der Waals surface area contributed by atoms with Crippen LogP contribution < -0.4 is 10.6 Å². The minimum atomic E-state index is -3.25. The van der Waals surface area contributed by atoms with Crippen molar-refractivity contribution in [3.63, 3.8) is 0 Å². The lowest BCUT2D eigenvalue weighted by Gasteiger charge is -2.21.